The molecular weight excluding hydrogens is 335 g/mol. The molecule has 1 aliphatic heterocycles. The van der Waals surface area contributed by atoms with Crippen molar-refractivity contribution in [3.63, 3.8) is 0 Å². The van der Waals surface area contributed by atoms with Crippen LogP contribution in [0.5, 0.6) is 11.5 Å². The van der Waals surface area contributed by atoms with Gasteiger partial charge in [0.05, 0.1) is 19.6 Å². The Bertz CT molecular complexity index is 802. The van der Waals surface area contributed by atoms with Crippen molar-refractivity contribution in [1.82, 2.24) is 10.3 Å². The molecule has 0 bridgehead atoms. The number of nitrogens with one attached hydrogen (secondary N) is 1. The summed E-state index contributed by atoms with van der Waals surface area (Å²) in [7, 11) is 1.55. The molecule has 0 spiro atoms. The molecule has 5 nitrogen and oxygen atoms in total. The summed E-state index contributed by atoms with van der Waals surface area (Å²) in [5, 5.41) is 2.92. The highest BCUT2D eigenvalue weighted by Gasteiger charge is 2.32. The number of hydrogen-bond acceptors (Lipinski definition) is 5. The lowest BCUT2D eigenvalue weighted by atomic mass is 10.0. The van der Waals surface area contributed by atoms with Gasteiger partial charge < -0.3 is 14.8 Å². The van der Waals surface area contributed by atoms with Crippen molar-refractivity contribution in [1.29, 1.82) is 0 Å². The van der Waals surface area contributed by atoms with E-state index in [0.717, 1.165) is 17.8 Å². The molecule has 2 heterocycles. The van der Waals surface area contributed by atoms with Crippen LogP contribution < -0.4 is 14.8 Å². The van der Waals surface area contributed by atoms with Crippen molar-refractivity contribution in [2.75, 3.05) is 7.11 Å². The fourth-order valence-corrected chi connectivity index (χ4v) is 2.33. The largest absolute Gasteiger partial charge is 0.496 e. The minimum absolute atomic E-state index is 0.196. The Morgan fingerprint density at radius 2 is 1.92 bits per heavy atom. The number of aliphatic imine (C=N–C) groups is 1. The molecule has 1 aromatic carbocycles. The van der Waals surface area contributed by atoms with E-state index in [1.54, 1.807) is 19.4 Å². The van der Waals surface area contributed by atoms with Crippen LogP contribution in [0.3, 0.4) is 0 Å². The van der Waals surface area contributed by atoms with Crippen LogP contribution in [0.4, 0.5) is 13.2 Å². The second-order valence-electron chi connectivity index (χ2n) is 5.10. The van der Waals surface area contributed by atoms with Gasteiger partial charge in [-0.05, 0) is 18.2 Å². The maximum absolute atomic E-state index is 12.6. The van der Waals surface area contributed by atoms with Gasteiger partial charge in [0.2, 0.25) is 0 Å². The Hall–Kier alpha value is -3.03. The van der Waals surface area contributed by atoms with Crippen LogP contribution in [0.1, 0.15) is 11.3 Å². The molecule has 25 heavy (non-hydrogen) atoms. The van der Waals surface area contributed by atoms with Crippen LogP contribution >= 0.6 is 0 Å². The quantitative estimate of drug-likeness (QED) is 0.918. The van der Waals surface area contributed by atoms with Gasteiger partial charge in [-0.25, -0.2) is 9.98 Å². The number of rotatable bonds is 4. The summed E-state index contributed by atoms with van der Waals surface area (Å²) in [4.78, 5) is 7.44. The molecule has 1 aliphatic rings. The number of halogens is 3. The summed E-state index contributed by atoms with van der Waals surface area (Å²) in [6.07, 6.45) is -1.04. The molecule has 0 saturated heterocycles. The smallest absolute Gasteiger partial charge is 0.433 e. The highest BCUT2D eigenvalue weighted by Crippen LogP contribution is 2.31. The first-order valence-electron chi connectivity index (χ1n) is 7.30. The lowest BCUT2D eigenvalue weighted by molar-refractivity contribution is -0.141. The highest BCUT2D eigenvalue weighted by molar-refractivity contribution is 5.78. The topological polar surface area (TPSA) is 55.7 Å². The van der Waals surface area contributed by atoms with Crippen molar-refractivity contribution in [3.8, 4) is 11.5 Å². The fraction of sp³-hybridized carbons (Fsp3) is 0.176. The van der Waals surface area contributed by atoms with Gasteiger partial charge in [0, 0.05) is 17.3 Å². The molecule has 0 radical (unpaired) electrons. The van der Waals surface area contributed by atoms with Crippen LogP contribution in [0.25, 0.3) is 5.57 Å². The number of nitrogens with zero attached hydrogens (tertiary/aromatic N) is 2. The maximum Gasteiger partial charge on any atom is 0.433 e. The van der Waals surface area contributed by atoms with E-state index in [0.29, 0.717) is 11.3 Å². The zero-order valence-electron chi connectivity index (χ0n) is 13.1. The van der Waals surface area contributed by atoms with Crippen molar-refractivity contribution >= 4 is 11.9 Å². The molecule has 1 atom stereocenters. The number of benzene rings is 1. The van der Waals surface area contributed by atoms with Crippen molar-refractivity contribution in [3.05, 3.63) is 60.1 Å². The van der Waals surface area contributed by atoms with Gasteiger partial charge >= 0.3 is 6.18 Å². The SMILES string of the molecule is COc1ccccc1C1=CN=CNC1Oc1ccc(C(F)(F)F)nc1. The van der Waals surface area contributed by atoms with Crippen LogP contribution in [-0.2, 0) is 6.18 Å². The lowest BCUT2D eigenvalue weighted by Gasteiger charge is -2.24. The Balaban J connectivity index is 1.84. The Morgan fingerprint density at radius 3 is 2.60 bits per heavy atom. The molecule has 8 heteroatoms. The monoisotopic (exact) mass is 349 g/mol. The van der Waals surface area contributed by atoms with E-state index in [2.05, 4.69) is 15.3 Å². The number of aromatic nitrogens is 1. The predicted octanol–water partition coefficient (Wildman–Crippen LogP) is 3.49. The summed E-state index contributed by atoms with van der Waals surface area (Å²) < 4.78 is 48.8. The van der Waals surface area contributed by atoms with E-state index in [1.165, 1.54) is 12.4 Å². The van der Waals surface area contributed by atoms with Crippen LogP contribution in [0.2, 0.25) is 0 Å². The third-order valence-electron chi connectivity index (χ3n) is 3.50. The Labute approximate surface area is 141 Å². The van der Waals surface area contributed by atoms with Crippen molar-refractivity contribution < 1.29 is 22.6 Å². The molecule has 2 aromatic rings. The Morgan fingerprint density at radius 1 is 1.12 bits per heavy atom. The first kappa shape index (κ1) is 16.8. The van der Waals surface area contributed by atoms with Crippen molar-refractivity contribution in [2.24, 2.45) is 4.99 Å². The van der Waals surface area contributed by atoms with Crippen LogP contribution in [0.15, 0.2) is 53.8 Å². The zero-order valence-corrected chi connectivity index (χ0v) is 13.1. The first-order chi connectivity index (χ1) is 12.0. The molecular formula is C17H14F3N3O2. The molecule has 0 saturated carbocycles. The van der Waals surface area contributed by atoms with Gasteiger partial charge in [-0.15, -0.1) is 0 Å². The summed E-state index contributed by atoms with van der Waals surface area (Å²) in [5.74, 6) is 0.827. The molecule has 1 aromatic heterocycles. The summed E-state index contributed by atoms with van der Waals surface area (Å²) in [5.41, 5.74) is 0.470. The highest BCUT2D eigenvalue weighted by atomic mass is 19.4. The van der Waals surface area contributed by atoms with Gasteiger partial charge in [-0.3, -0.25) is 0 Å². The number of ether oxygens (including phenoxy) is 2. The average molecular weight is 349 g/mol. The van der Waals surface area contributed by atoms with E-state index in [-0.39, 0.29) is 5.75 Å². The minimum atomic E-state index is -4.49. The second kappa shape index (κ2) is 6.84. The lowest BCUT2D eigenvalue weighted by Crippen LogP contribution is -2.36. The van der Waals surface area contributed by atoms with Gasteiger partial charge in [0.15, 0.2) is 6.23 Å². The standard InChI is InChI=1S/C17H14F3N3O2/c1-24-14-5-3-2-4-12(14)13-9-21-10-23-16(13)25-11-6-7-15(22-8-11)17(18,19)20/h2-10,16H,1H3,(H,21,23). The molecule has 130 valence electrons. The number of para-hydroxylation sites is 1. The van der Waals surface area contributed by atoms with Gasteiger partial charge in [0.25, 0.3) is 0 Å². The average Bonchev–Trinajstić information content (AvgIpc) is 2.62. The van der Waals surface area contributed by atoms with E-state index >= 15 is 0 Å². The van der Waals surface area contributed by atoms with Crippen molar-refractivity contribution in [2.45, 2.75) is 12.4 Å². The normalized spacial score (nSPS) is 16.8. The number of alkyl halides is 3. The maximum atomic E-state index is 12.6. The van der Waals surface area contributed by atoms with E-state index in [1.807, 2.05) is 18.2 Å². The molecule has 0 fully saturated rings. The van der Waals surface area contributed by atoms with Gasteiger partial charge in [0.1, 0.15) is 17.2 Å². The summed E-state index contributed by atoms with van der Waals surface area (Å²) in [6, 6.07) is 9.41. The van der Waals surface area contributed by atoms with E-state index < -0.39 is 18.1 Å². The Kier molecular flexibility index (Phi) is 4.60. The van der Waals surface area contributed by atoms with E-state index in [9.17, 15) is 13.2 Å². The first-order valence-corrected chi connectivity index (χ1v) is 7.30. The molecule has 0 amide bonds. The molecule has 1 unspecified atom stereocenters. The number of methoxy groups -OCH3 is 1. The third-order valence-corrected chi connectivity index (χ3v) is 3.50. The zero-order chi connectivity index (χ0) is 17.9. The molecule has 3 rings (SSSR count). The van der Waals surface area contributed by atoms with Crippen LogP contribution in [-0.4, -0.2) is 24.7 Å². The number of hydrogen-bond donors (Lipinski definition) is 1. The summed E-state index contributed by atoms with van der Waals surface area (Å²) >= 11 is 0. The predicted molar refractivity (Wildman–Crippen MR) is 86.3 cm³/mol. The second-order valence-corrected chi connectivity index (χ2v) is 5.10. The van der Waals surface area contributed by atoms with Crippen LogP contribution in [0, 0.1) is 0 Å². The fourth-order valence-electron chi connectivity index (χ4n) is 2.33. The third kappa shape index (κ3) is 3.73. The summed E-state index contributed by atoms with van der Waals surface area (Å²) in [6.45, 7) is 0. The number of pyridine rings is 1. The molecule has 0 aliphatic carbocycles. The molecule has 1 N–H and O–H groups in total. The van der Waals surface area contributed by atoms with Gasteiger partial charge in [-0.1, -0.05) is 18.2 Å². The van der Waals surface area contributed by atoms with E-state index in [4.69, 9.17) is 9.47 Å². The minimum Gasteiger partial charge on any atom is -0.496 e. The van der Waals surface area contributed by atoms with Gasteiger partial charge in [-0.2, -0.15) is 13.2 Å².